The Bertz CT molecular complexity index is 850. The number of pyridine rings is 2. The van der Waals surface area contributed by atoms with Gasteiger partial charge in [0.25, 0.3) is 5.56 Å². The Hall–Kier alpha value is -2.88. The largest absolute Gasteiger partial charge is 0.478 e. The molecule has 0 saturated heterocycles. The molecule has 0 aliphatic rings. The van der Waals surface area contributed by atoms with Crippen LogP contribution in [0.1, 0.15) is 10.4 Å². The summed E-state index contributed by atoms with van der Waals surface area (Å²) in [5.74, 6) is -1.05. The summed E-state index contributed by atoms with van der Waals surface area (Å²) in [4.78, 5) is 23.9. The Morgan fingerprint density at radius 1 is 1.00 bits per heavy atom. The van der Waals surface area contributed by atoms with Crippen LogP contribution in [0.4, 0.5) is 0 Å². The molecule has 1 N–H and O–H groups in total. The molecule has 3 aromatic rings. The molecule has 1 aromatic carbocycles. The molecule has 0 aliphatic carbocycles. The normalized spacial score (nSPS) is 10.6. The lowest BCUT2D eigenvalue weighted by atomic mass is 10.0. The molecule has 3 rings (SSSR count). The first-order chi connectivity index (χ1) is 9.68. The summed E-state index contributed by atoms with van der Waals surface area (Å²) in [5, 5.41) is 9.33. The highest BCUT2D eigenvalue weighted by molar-refractivity contribution is 5.97. The van der Waals surface area contributed by atoms with Gasteiger partial charge in [0.15, 0.2) is 0 Å². The molecular formula is C16H11NO3. The van der Waals surface area contributed by atoms with Gasteiger partial charge in [-0.15, -0.1) is 0 Å². The highest BCUT2D eigenvalue weighted by Gasteiger charge is 2.14. The van der Waals surface area contributed by atoms with Crippen molar-refractivity contribution in [2.75, 3.05) is 0 Å². The average molecular weight is 265 g/mol. The smallest absolute Gasteiger partial charge is 0.337 e. The zero-order chi connectivity index (χ0) is 14.1. The van der Waals surface area contributed by atoms with Crippen LogP contribution in [0.3, 0.4) is 0 Å². The number of benzene rings is 1. The highest BCUT2D eigenvalue weighted by Crippen LogP contribution is 2.19. The van der Waals surface area contributed by atoms with Crippen LogP contribution in [0.25, 0.3) is 16.6 Å². The Morgan fingerprint density at radius 3 is 2.40 bits per heavy atom. The fraction of sp³-hybridized carbons (Fsp3) is 0. The molecule has 0 atom stereocenters. The van der Waals surface area contributed by atoms with Crippen molar-refractivity contribution in [3.63, 3.8) is 0 Å². The first kappa shape index (κ1) is 12.2. The summed E-state index contributed by atoms with van der Waals surface area (Å²) in [6.07, 6.45) is 1.58. The number of aromatic nitrogens is 1. The highest BCUT2D eigenvalue weighted by atomic mass is 16.4. The van der Waals surface area contributed by atoms with Crippen LogP contribution in [-0.4, -0.2) is 15.5 Å². The number of carboxylic acid groups (broad SMARTS) is 1. The van der Waals surface area contributed by atoms with Crippen LogP contribution in [0, 0.1) is 0 Å². The van der Waals surface area contributed by atoms with Crippen LogP contribution in [-0.2, 0) is 0 Å². The van der Waals surface area contributed by atoms with Crippen molar-refractivity contribution in [2.45, 2.75) is 0 Å². The minimum absolute atomic E-state index is 0.115. The van der Waals surface area contributed by atoms with Crippen LogP contribution in [0.5, 0.6) is 0 Å². The van der Waals surface area contributed by atoms with E-state index in [4.69, 9.17) is 0 Å². The fourth-order valence-corrected chi connectivity index (χ4v) is 2.25. The summed E-state index contributed by atoms with van der Waals surface area (Å²) < 4.78 is 1.37. The van der Waals surface area contributed by atoms with Gasteiger partial charge in [-0.3, -0.25) is 9.20 Å². The van der Waals surface area contributed by atoms with Crippen molar-refractivity contribution in [2.24, 2.45) is 0 Å². The van der Waals surface area contributed by atoms with Gasteiger partial charge in [0, 0.05) is 11.8 Å². The maximum absolute atomic E-state index is 12.5. The molecule has 2 heterocycles. The summed E-state index contributed by atoms with van der Waals surface area (Å²) in [7, 11) is 0. The molecule has 0 unspecified atom stereocenters. The van der Waals surface area contributed by atoms with Crippen LogP contribution >= 0.6 is 0 Å². The molecule has 4 nitrogen and oxygen atoms in total. The topological polar surface area (TPSA) is 58.8 Å². The van der Waals surface area contributed by atoms with E-state index >= 15 is 0 Å². The predicted octanol–water partition coefficient (Wildman–Crippen LogP) is 2.66. The minimum atomic E-state index is -1.05. The second-order valence-corrected chi connectivity index (χ2v) is 4.40. The summed E-state index contributed by atoms with van der Waals surface area (Å²) >= 11 is 0. The monoisotopic (exact) mass is 265 g/mol. The third kappa shape index (κ3) is 1.87. The maximum atomic E-state index is 12.5. The van der Waals surface area contributed by atoms with Gasteiger partial charge in [0.05, 0.1) is 11.1 Å². The van der Waals surface area contributed by atoms with E-state index in [2.05, 4.69) is 0 Å². The molecular weight excluding hydrogens is 254 g/mol. The standard InChI is InChI=1S/C16H11NO3/c18-15-12(11-6-2-1-3-7-11)10-13(16(19)20)14-8-4-5-9-17(14)15/h1-10H,(H,19,20). The molecule has 98 valence electrons. The van der Waals surface area contributed by atoms with E-state index in [0.29, 0.717) is 16.6 Å². The summed E-state index contributed by atoms with van der Waals surface area (Å²) in [6, 6.07) is 15.5. The Balaban J connectivity index is 2.43. The molecule has 0 aliphatic heterocycles. The van der Waals surface area contributed by atoms with Gasteiger partial charge < -0.3 is 5.11 Å². The molecule has 0 bridgehead atoms. The van der Waals surface area contributed by atoms with Crippen molar-refractivity contribution < 1.29 is 9.90 Å². The number of hydrogen-bond donors (Lipinski definition) is 1. The molecule has 2 aromatic heterocycles. The lowest BCUT2D eigenvalue weighted by molar-refractivity contribution is 0.0698. The SMILES string of the molecule is O=C(O)c1cc(-c2ccccc2)c(=O)n2ccccc12. The molecule has 4 heteroatoms. The summed E-state index contributed by atoms with van der Waals surface area (Å²) in [5.41, 5.74) is 1.37. The van der Waals surface area contributed by atoms with E-state index in [1.54, 1.807) is 36.5 Å². The van der Waals surface area contributed by atoms with E-state index in [9.17, 15) is 14.7 Å². The first-order valence-corrected chi connectivity index (χ1v) is 6.11. The van der Waals surface area contributed by atoms with Gasteiger partial charge in [-0.25, -0.2) is 4.79 Å². The molecule has 0 saturated carbocycles. The van der Waals surface area contributed by atoms with E-state index in [1.807, 2.05) is 18.2 Å². The van der Waals surface area contributed by atoms with Crippen LogP contribution in [0.15, 0.2) is 65.6 Å². The summed E-state index contributed by atoms with van der Waals surface area (Å²) in [6.45, 7) is 0. The van der Waals surface area contributed by atoms with Crippen molar-refractivity contribution in [3.8, 4) is 11.1 Å². The van der Waals surface area contributed by atoms with Crippen molar-refractivity contribution in [1.82, 2.24) is 4.40 Å². The fourth-order valence-electron chi connectivity index (χ4n) is 2.25. The first-order valence-electron chi connectivity index (χ1n) is 6.11. The molecule has 0 spiro atoms. The Labute approximate surface area is 114 Å². The zero-order valence-electron chi connectivity index (χ0n) is 10.5. The number of fused-ring (bicyclic) bond motifs is 1. The third-order valence-electron chi connectivity index (χ3n) is 3.19. The lowest BCUT2D eigenvalue weighted by Crippen LogP contribution is -2.18. The quantitative estimate of drug-likeness (QED) is 0.775. The Morgan fingerprint density at radius 2 is 1.70 bits per heavy atom. The Kier molecular flexibility index (Phi) is 2.84. The molecule has 0 amide bonds. The van der Waals surface area contributed by atoms with Crippen LogP contribution < -0.4 is 5.56 Å². The number of rotatable bonds is 2. The number of carboxylic acids is 1. The van der Waals surface area contributed by atoms with Crippen molar-refractivity contribution in [3.05, 3.63) is 76.7 Å². The number of hydrogen-bond acceptors (Lipinski definition) is 2. The average Bonchev–Trinajstić information content (AvgIpc) is 2.48. The second-order valence-electron chi connectivity index (χ2n) is 4.40. The third-order valence-corrected chi connectivity index (χ3v) is 3.19. The van der Waals surface area contributed by atoms with E-state index in [1.165, 1.54) is 10.5 Å². The number of carbonyl (C=O) groups is 1. The lowest BCUT2D eigenvalue weighted by Gasteiger charge is -2.08. The van der Waals surface area contributed by atoms with Gasteiger partial charge >= 0.3 is 5.97 Å². The predicted molar refractivity (Wildman–Crippen MR) is 76.1 cm³/mol. The molecule has 20 heavy (non-hydrogen) atoms. The van der Waals surface area contributed by atoms with Gasteiger partial charge in [-0.1, -0.05) is 36.4 Å². The molecule has 0 fully saturated rings. The van der Waals surface area contributed by atoms with Gasteiger partial charge in [-0.2, -0.15) is 0 Å². The van der Waals surface area contributed by atoms with Crippen LogP contribution in [0.2, 0.25) is 0 Å². The van der Waals surface area contributed by atoms with E-state index in [0.717, 1.165) is 0 Å². The minimum Gasteiger partial charge on any atom is -0.478 e. The van der Waals surface area contributed by atoms with Gasteiger partial charge in [0.2, 0.25) is 0 Å². The zero-order valence-corrected chi connectivity index (χ0v) is 10.5. The van der Waals surface area contributed by atoms with Gasteiger partial charge in [-0.05, 0) is 23.8 Å². The van der Waals surface area contributed by atoms with E-state index in [-0.39, 0.29) is 11.1 Å². The van der Waals surface area contributed by atoms with Gasteiger partial charge in [0.1, 0.15) is 0 Å². The number of aromatic carboxylic acids is 1. The number of nitrogens with zero attached hydrogens (tertiary/aromatic N) is 1. The van der Waals surface area contributed by atoms with Crippen molar-refractivity contribution in [1.29, 1.82) is 0 Å². The second kappa shape index (κ2) is 4.66. The van der Waals surface area contributed by atoms with E-state index < -0.39 is 5.97 Å². The van der Waals surface area contributed by atoms with Crippen molar-refractivity contribution >= 4 is 11.5 Å². The molecule has 0 radical (unpaired) electrons. The maximum Gasteiger partial charge on any atom is 0.337 e.